The molecule has 2 aromatic rings. The molecule has 0 saturated carbocycles. The van der Waals surface area contributed by atoms with Crippen LogP contribution in [0.4, 0.5) is 22.0 Å². The number of aromatic nitrogens is 2. The lowest BCUT2D eigenvalue weighted by molar-refractivity contribution is -0.159. The van der Waals surface area contributed by atoms with Crippen LogP contribution in [-0.2, 0) is 22.7 Å². The molecule has 3 heterocycles. The van der Waals surface area contributed by atoms with E-state index in [0.29, 0.717) is 57.4 Å². The van der Waals surface area contributed by atoms with Gasteiger partial charge in [0.25, 0.3) is 0 Å². The minimum atomic E-state index is -4.71. The first-order chi connectivity index (χ1) is 16.4. The third kappa shape index (κ3) is 6.28. The average Bonchev–Trinajstić information content (AvgIpc) is 3.26. The van der Waals surface area contributed by atoms with Gasteiger partial charge in [0.05, 0.1) is 12.8 Å². The van der Waals surface area contributed by atoms with E-state index in [1.165, 1.54) is 16.4 Å². The van der Waals surface area contributed by atoms with Gasteiger partial charge >= 0.3 is 12.1 Å². The van der Waals surface area contributed by atoms with Gasteiger partial charge in [-0.25, -0.2) is 21.5 Å². The molecular formula is C21H25F5N4O4S. The number of sulfonamides is 1. The quantitative estimate of drug-likeness (QED) is 0.534. The molecule has 8 nitrogen and oxygen atoms in total. The van der Waals surface area contributed by atoms with Crippen molar-refractivity contribution in [3.05, 3.63) is 41.0 Å². The van der Waals surface area contributed by atoms with E-state index in [2.05, 4.69) is 14.7 Å². The Morgan fingerprint density at radius 1 is 1.06 bits per heavy atom. The monoisotopic (exact) mass is 524 g/mol. The van der Waals surface area contributed by atoms with Crippen molar-refractivity contribution in [2.75, 3.05) is 32.4 Å². The predicted octanol–water partition coefficient (Wildman–Crippen LogP) is 3.55. The van der Waals surface area contributed by atoms with Crippen molar-refractivity contribution in [1.82, 2.24) is 19.3 Å². The molecule has 2 saturated heterocycles. The number of hydrogen-bond donors (Lipinski definition) is 0. The molecule has 0 N–H and O–H groups in total. The number of piperidine rings is 2. The Labute approximate surface area is 199 Å². The largest absolute Gasteiger partial charge is 0.484 e. The number of ether oxygens (including phenoxy) is 1. The van der Waals surface area contributed by atoms with E-state index >= 15 is 0 Å². The Bertz CT molecular complexity index is 1120. The molecule has 0 atom stereocenters. The smallest absolute Gasteiger partial charge is 0.471 e. The molecule has 0 aliphatic carbocycles. The van der Waals surface area contributed by atoms with Gasteiger partial charge < -0.3 is 9.26 Å². The lowest BCUT2D eigenvalue weighted by atomic mass is 9.90. The fourth-order valence-electron chi connectivity index (χ4n) is 4.43. The number of likely N-dealkylation sites (tertiary alicyclic amines) is 1. The van der Waals surface area contributed by atoms with E-state index in [0.717, 1.165) is 6.26 Å². The first kappa shape index (κ1) is 25.8. The van der Waals surface area contributed by atoms with E-state index in [1.54, 1.807) is 0 Å². The van der Waals surface area contributed by atoms with Crippen molar-refractivity contribution >= 4 is 10.0 Å². The van der Waals surface area contributed by atoms with Gasteiger partial charge in [-0.2, -0.15) is 18.2 Å². The van der Waals surface area contributed by atoms with E-state index in [9.17, 15) is 30.4 Å². The first-order valence-corrected chi connectivity index (χ1v) is 13.0. The third-order valence-corrected chi connectivity index (χ3v) is 7.61. The SMILES string of the molecule is CS(=O)(=O)N1CCC(c2cc(F)c(OC3CCN(Cc4noc(C(F)(F)F)n4)CC3)c(F)c2)CC1. The van der Waals surface area contributed by atoms with Crippen LogP contribution >= 0.6 is 0 Å². The summed E-state index contributed by atoms with van der Waals surface area (Å²) in [6.07, 6.45) is -2.27. The Kier molecular flexibility index (Phi) is 7.34. The second-order valence-electron chi connectivity index (χ2n) is 8.86. The van der Waals surface area contributed by atoms with Crippen LogP contribution in [-0.4, -0.2) is 66.3 Å². The summed E-state index contributed by atoms with van der Waals surface area (Å²) in [5.41, 5.74) is 0.466. The molecule has 2 aliphatic heterocycles. The number of hydrogen-bond acceptors (Lipinski definition) is 7. The maximum absolute atomic E-state index is 14.7. The average molecular weight is 525 g/mol. The van der Waals surface area contributed by atoms with Crippen LogP contribution in [0, 0.1) is 11.6 Å². The van der Waals surface area contributed by atoms with Gasteiger partial charge in [0, 0.05) is 26.2 Å². The lowest BCUT2D eigenvalue weighted by Gasteiger charge is -2.32. The van der Waals surface area contributed by atoms with Crippen LogP contribution in [0.5, 0.6) is 5.75 Å². The molecule has 14 heteroatoms. The standard InChI is InChI=1S/C21H25F5N4O4S/c1-35(31,32)30-8-2-13(3-9-30)14-10-16(22)19(17(23)11-14)33-15-4-6-29(7-5-15)12-18-27-20(34-28-18)21(24,25)26/h10-11,13,15H,2-9,12H2,1H3. The molecule has 0 bridgehead atoms. The second kappa shape index (κ2) is 9.97. The molecule has 0 unspecified atom stereocenters. The normalized spacial score (nSPS) is 19.8. The number of benzene rings is 1. The molecule has 4 rings (SSSR count). The summed E-state index contributed by atoms with van der Waals surface area (Å²) in [6, 6.07) is 2.48. The second-order valence-corrected chi connectivity index (χ2v) is 10.8. The molecule has 0 radical (unpaired) electrons. The topological polar surface area (TPSA) is 88.8 Å². The maximum atomic E-state index is 14.7. The summed E-state index contributed by atoms with van der Waals surface area (Å²) >= 11 is 0. The van der Waals surface area contributed by atoms with Crippen molar-refractivity contribution in [2.24, 2.45) is 0 Å². The van der Waals surface area contributed by atoms with E-state index in [4.69, 9.17) is 4.74 Å². The number of rotatable bonds is 6. The zero-order valence-electron chi connectivity index (χ0n) is 18.9. The minimum absolute atomic E-state index is 0.0574. The Morgan fingerprint density at radius 3 is 2.17 bits per heavy atom. The van der Waals surface area contributed by atoms with Gasteiger partial charge in [0.2, 0.25) is 10.0 Å². The van der Waals surface area contributed by atoms with Gasteiger partial charge in [-0.15, -0.1) is 0 Å². The van der Waals surface area contributed by atoms with Gasteiger partial charge in [0.1, 0.15) is 6.10 Å². The van der Waals surface area contributed by atoms with Gasteiger partial charge in [-0.3, -0.25) is 4.90 Å². The predicted molar refractivity (Wildman–Crippen MR) is 113 cm³/mol. The highest BCUT2D eigenvalue weighted by Gasteiger charge is 2.38. The summed E-state index contributed by atoms with van der Waals surface area (Å²) in [5, 5.41) is 3.34. The van der Waals surface area contributed by atoms with E-state index < -0.39 is 45.6 Å². The Balaban J connectivity index is 1.31. The fraction of sp³-hybridized carbons (Fsp3) is 0.619. The maximum Gasteiger partial charge on any atom is 0.471 e. The molecule has 1 aromatic heterocycles. The molecular weight excluding hydrogens is 499 g/mol. The summed E-state index contributed by atoms with van der Waals surface area (Å²) in [4.78, 5) is 5.15. The van der Waals surface area contributed by atoms with Crippen LogP contribution < -0.4 is 4.74 Å². The number of nitrogens with zero attached hydrogens (tertiary/aromatic N) is 4. The van der Waals surface area contributed by atoms with Crippen LogP contribution in [0.3, 0.4) is 0 Å². The molecule has 0 amide bonds. The fourth-order valence-corrected chi connectivity index (χ4v) is 5.31. The first-order valence-electron chi connectivity index (χ1n) is 11.1. The van der Waals surface area contributed by atoms with E-state index in [-0.39, 0.29) is 18.3 Å². The molecule has 2 fully saturated rings. The Morgan fingerprint density at radius 2 is 1.66 bits per heavy atom. The highest BCUT2D eigenvalue weighted by Crippen LogP contribution is 2.34. The van der Waals surface area contributed by atoms with Crippen LogP contribution in [0.15, 0.2) is 16.7 Å². The number of halogens is 5. The van der Waals surface area contributed by atoms with Crippen molar-refractivity contribution in [3.63, 3.8) is 0 Å². The zero-order valence-corrected chi connectivity index (χ0v) is 19.7. The lowest BCUT2D eigenvalue weighted by Crippen LogP contribution is -2.38. The van der Waals surface area contributed by atoms with Crippen molar-refractivity contribution in [2.45, 2.75) is 50.4 Å². The highest BCUT2D eigenvalue weighted by molar-refractivity contribution is 7.88. The van der Waals surface area contributed by atoms with Crippen LogP contribution in [0.25, 0.3) is 0 Å². The van der Waals surface area contributed by atoms with Crippen molar-refractivity contribution in [1.29, 1.82) is 0 Å². The molecule has 194 valence electrons. The van der Waals surface area contributed by atoms with Crippen LogP contribution in [0.2, 0.25) is 0 Å². The van der Waals surface area contributed by atoms with Gasteiger partial charge in [-0.05, 0) is 49.3 Å². The molecule has 0 spiro atoms. The third-order valence-electron chi connectivity index (χ3n) is 6.31. The summed E-state index contributed by atoms with van der Waals surface area (Å²) in [5.74, 6) is -3.75. The van der Waals surface area contributed by atoms with Crippen molar-refractivity contribution < 1.29 is 39.6 Å². The Hall–Kier alpha value is -2.32. The van der Waals surface area contributed by atoms with E-state index in [1.807, 2.05) is 4.90 Å². The molecule has 2 aliphatic rings. The summed E-state index contributed by atoms with van der Waals surface area (Å²) in [7, 11) is -3.29. The van der Waals surface area contributed by atoms with Gasteiger partial charge in [-0.1, -0.05) is 5.16 Å². The highest BCUT2D eigenvalue weighted by atomic mass is 32.2. The summed E-state index contributed by atoms with van der Waals surface area (Å²) in [6.45, 7) is 1.49. The molecule has 35 heavy (non-hydrogen) atoms. The zero-order chi connectivity index (χ0) is 25.4. The molecule has 1 aromatic carbocycles. The van der Waals surface area contributed by atoms with Crippen molar-refractivity contribution in [3.8, 4) is 5.75 Å². The summed E-state index contributed by atoms with van der Waals surface area (Å²) < 4.78 is 102. The minimum Gasteiger partial charge on any atom is -0.484 e. The van der Waals surface area contributed by atoms with Crippen LogP contribution in [0.1, 0.15) is 48.9 Å². The van der Waals surface area contributed by atoms with Gasteiger partial charge in [0.15, 0.2) is 23.2 Å². The number of alkyl halides is 3.